The van der Waals surface area contributed by atoms with Crippen molar-refractivity contribution in [2.24, 2.45) is 0 Å². The zero-order valence-electron chi connectivity index (χ0n) is 11.3. The molecule has 0 heterocycles. The van der Waals surface area contributed by atoms with Gasteiger partial charge in [-0.1, -0.05) is 60.7 Å². The maximum Gasteiger partial charge on any atom is 0.232 e. The number of hydrogen-bond acceptors (Lipinski definition) is 2. The lowest BCUT2D eigenvalue weighted by molar-refractivity contribution is -0.118. The highest BCUT2D eigenvalue weighted by Gasteiger charge is 2.22. The molecule has 3 nitrogen and oxygen atoms in total. The lowest BCUT2D eigenvalue weighted by Gasteiger charge is -2.17. The van der Waals surface area contributed by atoms with Crippen LogP contribution in [0.4, 0.5) is 0 Å². The van der Waals surface area contributed by atoms with Gasteiger partial charge in [-0.2, -0.15) is 0 Å². The van der Waals surface area contributed by atoms with Gasteiger partial charge < -0.3 is 5.32 Å². The predicted octanol–water partition coefficient (Wildman–Crippen LogP) is 2.27. The summed E-state index contributed by atoms with van der Waals surface area (Å²) in [5.41, 5.74) is 1.92. The quantitative estimate of drug-likeness (QED) is 0.917. The molecule has 2 aromatic rings. The fraction of sp³-hybridized carbons (Fsp3) is 0.188. The second-order valence-electron chi connectivity index (χ2n) is 4.40. The van der Waals surface area contributed by atoms with Crippen LogP contribution in [0.15, 0.2) is 60.7 Å². The van der Waals surface area contributed by atoms with E-state index < -0.39 is 10.8 Å². The van der Waals surface area contributed by atoms with E-state index in [1.54, 1.807) is 7.05 Å². The van der Waals surface area contributed by atoms with Crippen LogP contribution in [0.1, 0.15) is 16.4 Å². The molecule has 4 heteroatoms. The van der Waals surface area contributed by atoms with E-state index in [4.69, 9.17) is 0 Å². The largest absolute Gasteiger partial charge is 0.358 e. The zero-order valence-corrected chi connectivity index (χ0v) is 12.1. The second-order valence-corrected chi connectivity index (χ2v) is 5.92. The third kappa shape index (κ3) is 3.54. The standard InChI is InChI=1S/C16H17NO2S/c1-17-15(18)12-20(19)16(13-8-4-2-5-9-13)14-10-6-3-7-11-14/h2-11,16H,12H2,1H3,(H,17,18)/t20-/m1/s1. The molecule has 2 aromatic carbocycles. The molecular formula is C16H17NO2S. The Morgan fingerprint density at radius 3 is 1.85 bits per heavy atom. The number of rotatable bonds is 5. The van der Waals surface area contributed by atoms with Crippen molar-refractivity contribution in [3.8, 4) is 0 Å². The number of hydrogen-bond donors (Lipinski definition) is 1. The van der Waals surface area contributed by atoms with Crippen molar-refractivity contribution in [3.05, 3.63) is 71.8 Å². The molecule has 0 aliphatic heterocycles. The van der Waals surface area contributed by atoms with Crippen LogP contribution in [-0.2, 0) is 15.6 Å². The summed E-state index contributed by atoms with van der Waals surface area (Å²) in [5.74, 6) is -0.203. The molecule has 20 heavy (non-hydrogen) atoms. The van der Waals surface area contributed by atoms with Crippen LogP contribution in [0.2, 0.25) is 0 Å². The molecule has 0 saturated carbocycles. The van der Waals surface area contributed by atoms with E-state index in [9.17, 15) is 9.00 Å². The first-order chi connectivity index (χ1) is 9.72. The number of nitrogens with one attached hydrogen (secondary N) is 1. The molecule has 104 valence electrons. The summed E-state index contributed by atoms with van der Waals surface area (Å²) in [5, 5.41) is 2.24. The highest BCUT2D eigenvalue weighted by molar-refractivity contribution is 7.86. The molecule has 0 radical (unpaired) electrons. The molecule has 0 fully saturated rings. The minimum Gasteiger partial charge on any atom is -0.358 e. The first-order valence-electron chi connectivity index (χ1n) is 6.40. The smallest absolute Gasteiger partial charge is 0.232 e. The Morgan fingerprint density at radius 2 is 1.45 bits per heavy atom. The van der Waals surface area contributed by atoms with Gasteiger partial charge in [-0.3, -0.25) is 9.00 Å². The van der Waals surface area contributed by atoms with Crippen LogP contribution in [-0.4, -0.2) is 22.9 Å². The Labute approximate surface area is 121 Å². The van der Waals surface area contributed by atoms with Gasteiger partial charge in [0, 0.05) is 17.8 Å². The lowest BCUT2D eigenvalue weighted by atomic mass is 10.0. The average molecular weight is 287 g/mol. The molecular weight excluding hydrogens is 270 g/mol. The summed E-state index contributed by atoms with van der Waals surface area (Å²) in [6, 6.07) is 19.3. The van der Waals surface area contributed by atoms with Gasteiger partial charge in [-0.05, 0) is 11.1 Å². The molecule has 0 saturated heterocycles. The number of benzene rings is 2. The molecule has 1 N–H and O–H groups in total. The van der Waals surface area contributed by atoms with Gasteiger partial charge in [0.1, 0.15) is 5.75 Å². The molecule has 0 spiro atoms. The Kier molecular flexibility index (Phi) is 5.07. The van der Waals surface area contributed by atoms with Crippen molar-refractivity contribution >= 4 is 16.7 Å². The Morgan fingerprint density at radius 1 is 1.00 bits per heavy atom. The topological polar surface area (TPSA) is 46.2 Å². The van der Waals surface area contributed by atoms with E-state index in [1.807, 2.05) is 60.7 Å². The Bertz CT molecular complexity index is 544. The lowest BCUT2D eigenvalue weighted by Crippen LogP contribution is -2.26. The molecule has 0 aromatic heterocycles. The Balaban J connectivity index is 2.35. The van der Waals surface area contributed by atoms with E-state index in [0.29, 0.717) is 0 Å². The van der Waals surface area contributed by atoms with Crippen molar-refractivity contribution in [3.63, 3.8) is 0 Å². The summed E-state index contributed by atoms with van der Waals surface area (Å²) in [6.45, 7) is 0. The third-order valence-electron chi connectivity index (χ3n) is 3.02. The van der Waals surface area contributed by atoms with Crippen molar-refractivity contribution in [2.75, 3.05) is 12.8 Å². The molecule has 1 atom stereocenters. The monoisotopic (exact) mass is 287 g/mol. The maximum atomic E-state index is 12.6. The summed E-state index contributed by atoms with van der Waals surface area (Å²) in [7, 11) is 0.253. The van der Waals surface area contributed by atoms with Crippen molar-refractivity contribution in [1.29, 1.82) is 0 Å². The zero-order chi connectivity index (χ0) is 14.4. The fourth-order valence-electron chi connectivity index (χ4n) is 2.04. The molecule has 0 unspecified atom stereocenters. The highest BCUT2D eigenvalue weighted by Crippen LogP contribution is 2.28. The van der Waals surface area contributed by atoms with Gasteiger partial charge in [0.2, 0.25) is 5.91 Å². The van der Waals surface area contributed by atoms with Gasteiger partial charge in [0.05, 0.1) is 5.25 Å². The van der Waals surface area contributed by atoms with Crippen molar-refractivity contribution in [2.45, 2.75) is 5.25 Å². The molecule has 0 aliphatic rings. The molecule has 1 amide bonds. The number of carbonyl (C=O) groups is 1. The third-order valence-corrected chi connectivity index (χ3v) is 4.64. The molecule has 0 bridgehead atoms. The van der Waals surface area contributed by atoms with E-state index in [-0.39, 0.29) is 16.9 Å². The van der Waals surface area contributed by atoms with E-state index in [1.165, 1.54) is 0 Å². The van der Waals surface area contributed by atoms with Gasteiger partial charge in [-0.15, -0.1) is 0 Å². The highest BCUT2D eigenvalue weighted by atomic mass is 32.2. The predicted molar refractivity (Wildman–Crippen MR) is 81.8 cm³/mol. The van der Waals surface area contributed by atoms with E-state index >= 15 is 0 Å². The van der Waals surface area contributed by atoms with Gasteiger partial charge >= 0.3 is 0 Å². The van der Waals surface area contributed by atoms with Crippen LogP contribution in [0.25, 0.3) is 0 Å². The van der Waals surface area contributed by atoms with Crippen LogP contribution in [0.5, 0.6) is 0 Å². The Hall–Kier alpha value is -1.94. The minimum atomic E-state index is -1.30. The summed E-state index contributed by atoms with van der Waals surface area (Å²) < 4.78 is 12.6. The molecule has 0 aliphatic carbocycles. The summed E-state index contributed by atoms with van der Waals surface area (Å²) in [4.78, 5) is 11.5. The summed E-state index contributed by atoms with van der Waals surface area (Å²) >= 11 is 0. The van der Waals surface area contributed by atoms with Crippen molar-refractivity contribution < 1.29 is 9.00 Å². The van der Waals surface area contributed by atoms with Crippen LogP contribution < -0.4 is 5.32 Å². The van der Waals surface area contributed by atoms with Crippen LogP contribution in [0.3, 0.4) is 0 Å². The van der Waals surface area contributed by atoms with Crippen molar-refractivity contribution in [1.82, 2.24) is 5.32 Å². The first kappa shape index (κ1) is 14.5. The normalized spacial score (nSPS) is 12.1. The number of amides is 1. The van der Waals surface area contributed by atoms with E-state index in [0.717, 1.165) is 11.1 Å². The maximum absolute atomic E-state index is 12.6. The first-order valence-corrected chi connectivity index (χ1v) is 7.78. The average Bonchev–Trinajstić information content (AvgIpc) is 2.49. The fourth-order valence-corrected chi connectivity index (χ4v) is 3.53. The van der Waals surface area contributed by atoms with Crippen LogP contribution >= 0.6 is 0 Å². The van der Waals surface area contributed by atoms with Gasteiger partial charge in [-0.25, -0.2) is 0 Å². The summed E-state index contributed by atoms with van der Waals surface area (Å²) in [6.07, 6.45) is 0. The van der Waals surface area contributed by atoms with Crippen LogP contribution in [0, 0.1) is 0 Å². The SMILES string of the molecule is CNC(=O)C[S@@](=O)C(c1ccccc1)c1ccccc1. The van der Waals surface area contributed by atoms with E-state index in [2.05, 4.69) is 5.32 Å². The van der Waals surface area contributed by atoms with Gasteiger partial charge in [0.25, 0.3) is 0 Å². The molecule has 2 rings (SSSR count). The second kappa shape index (κ2) is 7.01. The minimum absolute atomic E-state index is 0.00492. The number of carbonyl (C=O) groups excluding carboxylic acids is 1. The van der Waals surface area contributed by atoms with Gasteiger partial charge in [0.15, 0.2) is 0 Å².